The Hall–Kier alpha value is -3.52. The minimum absolute atomic E-state index is 0.0336. The lowest BCUT2D eigenvalue weighted by Gasteiger charge is -2.28. The first-order valence-corrected chi connectivity index (χ1v) is 12.0. The Labute approximate surface area is 206 Å². The molecule has 5 nitrogen and oxygen atoms in total. The van der Waals surface area contributed by atoms with Gasteiger partial charge >= 0.3 is 6.61 Å². The molecule has 1 aliphatic rings. The van der Waals surface area contributed by atoms with Crippen LogP contribution in [-0.2, 0) is 9.59 Å². The summed E-state index contributed by atoms with van der Waals surface area (Å²) in [4.78, 5) is 29.9. The third kappa shape index (κ3) is 4.98. The number of amides is 1. The molecule has 0 fully saturated rings. The van der Waals surface area contributed by atoms with Gasteiger partial charge < -0.3 is 9.84 Å². The maximum absolute atomic E-state index is 13.3. The van der Waals surface area contributed by atoms with Crippen LogP contribution in [0.5, 0.6) is 5.75 Å². The average Bonchev–Trinajstić information content (AvgIpc) is 3.34. The van der Waals surface area contributed by atoms with Crippen LogP contribution in [0, 0.1) is 12.8 Å². The molecule has 0 aliphatic carbocycles. The molecule has 35 heavy (non-hydrogen) atoms. The van der Waals surface area contributed by atoms with Crippen LogP contribution in [-0.4, -0.2) is 23.4 Å². The third-order valence-corrected chi connectivity index (χ3v) is 6.75. The number of carbonyl (C=O) groups excluding carboxylic acids is 2. The molecule has 0 saturated carbocycles. The van der Waals surface area contributed by atoms with E-state index >= 15 is 0 Å². The highest BCUT2D eigenvalue weighted by molar-refractivity contribution is 7.15. The predicted molar refractivity (Wildman–Crippen MR) is 132 cm³/mol. The number of para-hydroxylation sites is 1. The van der Waals surface area contributed by atoms with Gasteiger partial charge in [0, 0.05) is 27.4 Å². The maximum Gasteiger partial charge on any atom is 0.387 e. The van der Waals surface area contributed by atoms with Gasteiger partial charge in [-0.2, -0.15) is 8.78 Å². The second-order valence-corrected chi connectivity index (χ2v) is 10.0. The molecule has 0 bridgehead atoms. The molecule has 0 spiro atoms. The van der Waals surface area contributed by atoms with Gasteiger partial charge in [0.05, 0.1) is 11.6 Å². The van der Waals surface area contributed by atoms with Crippen molar-refractivity contribution in [3.63, 3.8) is 0 Å². The highest BCUT2D eigenvalue weighted by Gasteiger charge is 2.45. The van der Waals surface area contributed by atoms with Gasteiger partial charge in [0.1, 0.15) is 5.75 Å². The number of thiophene rings is 1. The van der Waals surface area contributed by atoms with Crippen LogP contribution < -0.4 is 9.64 Å². The molecule has 1 unspecified atom stereocenters. The normalized spacial score (nSPS) is 16.0. The number of halogens is 2. The number of alkyl halides is 2. The fourth-order valence-electron chi connectivity index (χ4n) is 4.22. The van der Waals surface area contributed by atoms with Gasteiger partial charge in [-0.3, -0.25) is 14.5 Å². The molecule has 1 aromatic heterocycles. The average molecular weight is 498 g/mol. The second kappa shape index (κ2) is 10.00. The van der Waals surface area contributed by atoms with E-state index in [4.69, 9.17) is 4.74 Å². The number of aliphatic hydroxyl groups is 1. The summed E-state index contributed by atoms with van der Waals surface area (Å²) in [6.45, 7) is 2.61. The van der Waals surface area contributed by atoms with Crippen LogP contribution in [0.4, 0.5) is 14.5 Å². The van der Waals surface area contributed by atoms with Crippen LogP contribution in [0.25, 0.3) is 10.4 Å². The van der Waals surface area contributed by atoms with Crippen molar-refractivity contribution in [1.29, 1.82) is 0 Å². The number of ketones is 1. The Morgan fingerprint density at radius 3 is 2.37 bits per heavy atom. The van der Waals surface area contributed by atoms with E-state index in [0.29, 0.717) is 5.69 Å². The van der Waals surface area contributed by atoms with E-state index in [-0.39, 0.29) is 29.2 Å². The van der Waals surface area contributed by atoms with Gasteiger partial charge in [0.15, 0.2) is 11.5 Å². The number of nitrogens with zero attached hydrogens (tertiary/aromatic N) is 1. The zero-order chi connectivity index (χ0) is 25.3. The van der Waals surface area contributed by atoms with Crippen molar-refractivity contribution in [3.8, 4) is 16.2 Å². The molecule has 2 heterocycles. The highest BCUT2D eigenvalue weighted by atomic mass is 32.1. The summed E-state index contributed by atoms with van der Waals surface area (Å²) in [6.07, 6.45) is 0.0888. The van der Waals surface area contributed by atoms with Crippen molar-refractivity contribution in [2.75, 3.05) is 4.90 Å². The molecule has 2 aromatic carbocycles. The van der Waals surface area contributed by atoms with Gasteiger partial charge in [-0.1, -0.05) is 44.2 Å². The summed E-state index contributed by atoms with van der Waals surface area (Å²) < 4.78 is 31.0. The number of rotatable bonds is 8. The minimum Gasteiger partial charge on any atom is -0.503 e. The van der Waals surface area contributed by atoms with E-state index in [9.17, 15) is 23.5 Å². The van der Waals surface area contributed by atoms with E-state index in [0.717, 1.165) is 15.3 Å². The summed E-state index contributed by atoms with van der Waals surface area (Å²) in [5, 5.41) is 10.8. The lowest BCUT2D eigenvalue weighted by molar-refractivity contribution is -0.118. The molecule has 4 rings (SSSR count). The maximum atomic E-state index is 13.3. The molecule has 1 amide bonds. The number of anilines is 1. The molecule has 3 aromatic rings. The van der Waals surface area contributed by atoms with Crippen LogP contribution in [0.2, 0.25) is 0 Å². The number of aliphatic hydroxyl groups excluding tert-OH is 1. The monoisotopic (exact) mass is 497 g/mol. The Balaban J connectivity index is 1.82. The molecule has 1 aliphatic heterocycles. The van der Waals surface area contributed by atoms with E-state index in [1.807, 2.05) is 45.0 Å². The van der Waals surface area contributed by atoms with Crippen molar-refractivity contribution in [2.45, 2.75) is 39.8 Å². The Morgan fingerprint density at radius 1 is 1.09 bits per heavy atom. The minimum atomic E-state index is -3.09. The lowest BCUT2D eigenvalue weighted by Crippen LogP contribution is -2.31. The zero-order valence-electron chi connectivity index (χ0n) is 19.5. The first-order chi connectivity index (χ1) is 16.7. The van der Waals surface area contributed by atoms with E-state index in [1.54, 1.807) is 29.5 Å². The molecule has 0 saturated heterocycles. The molecule has 1 N–H and O–H groups in total. The van der Waals surface area contributed by atoms with Gasteiger partial charge in [-0.05, 0) is 48.7 Å². The quantitative estimate of drug-likeness (QED) is 0.370. The predicted octanol–water partition coefficient (Wildman–Crippen LogP) is 6.84. The van der Waals surface area contributed by atoms with E-state index in [2.05, 4.69) is 0 Å². The summed E-state index contributed by atoms with van der Waals surface area (Å²) in [7, 11) is 0. The van der Waals surface area contributed by atoms with E-state index < -0.39 is 30.1 Å². The van der Waals surface area contributed by atoms with Crippen molar-refractivity contribution < 1.29 is 28.2 Å². The first-order valence-electron chi connectivity index (χ1n) is 11.2. The summed E-state index contributed by atoms with van der Waals surface area (Å²) in [5.41, 5.74) is 1.44. The number of benzene rings is 2. The van der Waals surface area contributed by atoms with Crippen LogP contribution in [0.15, 0.2) is 72.0 Å². The number of hydrogen-bond acceptors (Lipinski definition) is 5. The van der Waals surface area contributed by atoms with Crippen LogP contribution in [0.3, 0.4) is 0 Å². The van der Waals surface area contributed by atoms with Crippen molar-refractivity contribution in [2.24, 2.45) is 5.92 Å². The fourth-order valence-corrected chi connectivity index (χ4v) is 5.09. The molecule has 182 valence electrons. The summed E-state index contributed by atoms with van der Waals surface area (Å²) in [6, 6.07) is 16.0. The largest absolute Gasteiger partial charge is 0.503 e. The standard InChI is InChI=1S/C27H25F2NO4S/c1-15(2)14-20(31)23-24(19-6-4-5-7-21(19)34-27(28)29)30(26(33)25(23)32)18-11-9-17(10-12-18)22-13-8-16(3)35-22/h4-13,15,24,27,32H,14H2,1-3H3. The number of aryl methyl sites for hydroxylation is 1. The summed E-state index contributed by atoms with van der Waals surface area (Å²) >= 11 is 1.63. The number of carbonyl (C=O) groups is 2. The van der Waals surface area contributed by atoms with Crippen LogP contribution in [0.1, 0.15) is 36.8 Å². The van der Waals surface area contributed by atoms with Gasteiger partial charge in [0.2, 0.25) is 0 Å². The van der Waals surface area contributed by atoms with Crippen molar-refractivity contribution >= 4 is 28.7 Å². The number of Topliss-reactive ketones (excluding diaryl/α,β-unsaturated/α-hetero) is 1. The number of hydrogen-bond donors (Lipinski definition) is 1. The molecular weight excluding hydrogens is 472 g/mol. The first kappa shape index (κ1) is 24.6. The Morgan fingerprint density at radius 2 is 1.77 bits per heavy atom. The van der Waals surface area contributed by atoms with Crippen molar-refractivity contribution in [3.05, 3.63) is 82.4 Å². The van der Waals surface area contributed by atoms with Crippen molar-refractivity contribution in [1.82, 2.24) is 0 Å². The summed E-state index contributed by atoms with van der Waals surface area (Å²) in [5.74, 6) is -2.07. The Kier molecular flexibility index (Phi) is 7.03. The van der Waals surface area contributed by atoms with Gasteiger partial charge in [0.25, 0.3) is 5.91 Å². The zero-order valence-corrected chi connectivity index (χ0v) is 20.3. The molecule has 8 heteroatoms. The van der Waals surface area contributed by atoms with E-state index in [1.165, 1.54) is 23.1 Å². The lowest BCUT2D eigenvalue weighted by atomic mass is 9.91. The SMILES string of the molecule is Cc1ccc(-c2ccc(N3C(=O)C(O)=C(C(=O)CC(C)C)C3c3ccccc3OC(F)F)cc2)s1. The molecule has 1 atom stereocenters. The van der Waals surface area contributed by atoms with Crippen LogP contribution >= 0.6 is 11.3 Å². The second-order valence-electron chi connectivity index (χ2n) is 8.73. The van der Waals surface area contributed by atoms with Gasteiger partial charge in [-0.25, -0.2) is 0 Å². The number of ether oxygens (including phenoxy) is 1. The fraction of sp³-hybridized carbons (Fsp3) is 0.259. The van der Waals surface area contributed by atoms with Gasteiger partial charge in [-0.15, -0.1) is 11.3 Å². The molecule has 0 radical (unpaired) electrons. The molecular formula is C27H25F2NO4S. The highest BCUT2D eigenvalue weighted by Crippen LogP contribution is 2.45. The topological polar surface area (TPSA) is 66.8 Å². The Bertz CT molecular complexity index is 1280. The third-order valence-electron chi connectivity index (χ3n) is 5.70. The smallest absolute Gasteiger partial charge is 0.387 e.